The topological polar surface area (TPSA) is 64.6 Å². The highest BCUT2D eigenvalue weighted by molar-refractivity contribution is 7.88. The predicted molar refractivity (Wildman–Crippen MR) is 57.3 cm³/mol. The molecule has 1 fully saturated rings. The number of rotatable bonds is 7. The lowest BCUT2D eigenvalue weighted by molar-refractivity contribution is 0.0169. The van der Waals surface area contributed by atoms with Gasteiger partial charge < -0.3 is 9.47 Å². The Kier molecular flexibility index (Phi) is 5.52. The van der Waals surface area contributed by atoms with Gasteiger partial charge in [0.2, 0.25) is 10.0 Å². The first-order chi connectivity index (χ1) is 7.08. The first-order valence-electron chi connectivity index (χ1n) is 5.22. The minimum absolute atomic E-state index is 0.243. The van der Waals surface area contributed by atoms with Crippen LogP contribution in [0.3, 0.4) is 0 Å². The standard InChI is InChI=1S/C9H19NO4S/c1-15(11,12)10-5-3-6-13-8-9-4-2-7-14-9/h9-10H,2-8H2,1H3/t9-/m1/s1. The summed E-state index contributed by atoms with van der Waals surface area (Å²) in [5.41, 5.74) is 0. The molecule has 0 aliphatic carbocycles. The van der Waals surface area contributed by atoms with Gasteiger partial charge in [-0.2, -0.15) is 0 Å². The van der Waals surface area contributed by atoms with E-state index in [1.165, 1.54) is 0 Å². The highest BCUT2D eigenvalue weighted by atomic mass is 32.2. The van der Waals surface area contributed by atoms with Crippen molar-refractivity contribution in [3.8, 4) is 0 Å². The second kappa shape index (κ2) is 6.42. The number of sulfonamides is 1. The first kappa shape index (κ1) is 12.9. The Hall–Kier alpha value is -0.170. The fourth-order valence-corrected chi connectivity index (χ4v) is 1.94. The van der Waals surface area contributed by atoms with Crippen LogP contribution in [0.4, 0.5) is 0 Å². The predicted octanol–water partition coefficient (Wildman–Crippen LogP) is 0.121. The summed E-state index contributed by atoms with van der Waals surface area (Å²) in [6.45, 7) is 2.47. The SMILES string of the molecule is CS(=O)(=O)NCCCOC[C@H]1CCCO1. The lowest BCUT2D eigenvalue weighted by Gasteiger charge is -2.09. The summed E-state index contributed by atoms with van der Waals surface area (Å²) in [5, 5.41) is 0. The van der Waals surface area contributed by atoms with Gasteiger partial charge in [-0.3, -0.25) is 0 Å². The van der Waals surface area contributed by atoms with Crippen molar-refractivity contribution in [1.82, 2.24) is 4.72 Å². The third-order valence-electron chi connectivity index (χ3n) is 2.16. The van der Waals surface area contributed by atoms with Crippen molar-refractivity contribution in [3.05, 3.63) is 0 Å². The molecule has 5 nitrogen and oxygen atoms in total. The van der Waals surface area contributed by atoms with E-state index >= 15 is 0 Å². The largest absolute Gasteiger partial charge is 0.379 e. The molecule has 0 amide bonds. The fraction of sp³-hybridized carbons (Fsp3) is 1.00. The first-order valence-corrected chi connectivity index (χ1v) is 7.11. The third kappa shape index (κ3) is 6.83. The summed E-state index contributed by atoms with van der Waals surface area (Å²) in [6.07, 6.45) is 4.28. The Balaban J connectivity index is 1.89. The van der Waals surface area contributed by atoms with Crippen LogP contribution in [0.5, 0.6) is 0 Å². The van der Waals surface area contributed by atoms with Crippen LogP contribution < -0.4 is 4.72 Å². The molecule has 1 rings (SSSR count). The van der Waals surface area contributed by atoms with Crippen molar-refractivity contribution < 1.29 is 17.9 Å². The number of hydrogen-bond donors (Lipinski definition) is 1. The molecule has 0 unspecified atom stereocenters. The molecular weight excluding hydrogens is 218 g/mol. The van der Waals surface area contributed by atoms with E-state index in [0.717, 1.165) is 25.7 Å². The van der Waals surface area contributed by atoms with Gasteiger partial charge in [-0.1, -0.05) is 0 Å². The van der Waals surface area contributed by atoms with E-state index < -0.39 is 10.0 Å². The van der Waals surface area contributed by atoms with E-state index in [9.17, 15) is 8.42 Å². The van der Waals surface area contributed by atoms with Gasteiger partial charge in [0.1, 0.15) is 0 Å². The van der Waals surface area contributed by atoms with E-state index in [2.05, 4.69) is 4.72 Å². The highest BCUT2D eigenvalue weighted by Crippen LogP contribution is 2.11. The molecule has 0 radical (unpaired) electrons. The molecule has 0 aromatic heterocycles. The number of hydrogen-bond acceptors (Lipinski definition) is 4. The van der Waals surface area contributed by atoms with Gasteiger partial charge in [-0.05, 0) is 19.3 Å². The number of nitrogens with one attached hydrogen (secondary N) is 1. The summed E-state index contributed by atoms with van der Waals surface area (Å²) in [7, 11) is -3.06. The molecule has 15 heavy (non-hydrogen) atoms. The smallest absolute Gasteiger partial charge is 0.208 e. The van der Waals surface area contributed by atoms with E-state index in [0.29, 0.717) is 26.2 Å². The molecule has 6 heteroatoms. The molecule has 0 saturated carbocycles. The Bertz CT molecular complexity index is 259. The maximum absolute atomic E-state index is 10.7. The second-order valence-corrected chi connectivity index (χ2v) is 5.56. The van der Waals surface area contributed by atoms with E-state index in [1.54, 1.807) is 0 Å². The maximum Gasteiger partial charge on any atom is 0.208 e. The van der Waals surface area contributed by atoms with Gasteiger partial charge in [-0.15, -0.1) is 0 Å². The molecule has 0 aromatic carbocycles. The van der Waals surface area contributed by atoms with Crippen molar-refractivity contribution in [3.63, 3.8) is 0 Å². The second-order valence-electron chi connectivity index (χ2n) is 3.73. The normalized spacial score (nSPS) is 22.1. The van der Waals surface area contributed by atoms with Crippen molar-refractivity contribution >= 4 is 10.0 Å². The fourth-order valence-electron chi connectivity index (χ4n) is 1.42. The summed E-state index contributed by atoms with van der Waals surface area (Å²) in [4.78, 5) is 0. The van der Waals surface area contributed by atoms with Crippen LogP contribution in [0.2, 0.25) is 0 Å². The Morgan fingerprint density at radius 2 is 2.33 bits per heavy atom. The van der Waals surface area contributed by atoms with Crippen molar-refractivity contribution in [2.45, 2.75) is 25.4 Å². The lowest BCUT2D eigenvalue weighted by atomic mass is 10.2. The van der Waals surface area contributed by atoms with Gasteiger partial charge in [0.15, 0.2) is 0 Å². The minimum atomic E-state index is -3.06. The van der Waals surface area contributed by atoms with Crippen LogP contribution >= 0.6 is 0 Å². The Morgan fingerprint density at radius 1 is 1.53 bits per heavy atom. The van der Waals surface area contributed by atoms with Crippen LogP contribution in [0.15, 0.2) is 0 Å². The molecule has 0 aromatic rings. The summed E-state index contributed by atoms with van der Waals surface area (Å²) < 4.78 is 34.6. The van der Waals surface area contributed by atoms with Gasteiger partial charge in [0.25, 0.3) is 0 Å². The molecule has 1 saturated heterocycles. The van der Waals surface area contributed by atoms with E-state index in [1.807, 2.05) is 0 Å². The van der Waals surface area contributed by atoms with Crippen LogP contribution in [-0.4, -0.2) is 47.1 Å². The molecule has 1 aliphatic heterocycles. The zero-order valence-corrected chi connectivity index (χ0v) is 9.88. The average molecular weight is 237 g/mol. The quantitative estimate of drug-likeness (QED) is 0.639. The van der Waals surface area contributed by atoms with E-state index in [4.69, 9.17) is 9.47 Å². The van der Waals surface area contributed by atoms with Gasteiger partial charge in [0, 0.05) is 19.8 Å². The monoisotopic (exact) mass is 237 g/mol. The van der Waals surface area contributed by atoms with Crippen molar-refractivity contribution in [2.24, 2.45) is 0 Å². The van der Waals surface area contributed by atoms with E-state index in [-0.39, 0.29) is 6.10 Å². The maximum atomic E-state index is 10.7. The van der Waals surface area contributed by atoms with Crippen molar-refractivity contribution in [2.75, 3.05) is 32.6 Å². The van der Waals surface area contributed by atoms with Crippen LogP contribution in [0.1, 0.15) is 19.3 Å². The highest BCUT2D eigenvalue weighted by Gasteiger charge is 2.14. The lowest BCUT2D eigenvalue weighted by Crippen LogP contribution is -2.24. The molecule has 1 heterocycles. The zero-order valence-electron chi connectivity index (χ0n) is 9.07. The zero-order chi connectivity index (χ0) is 11.1. The van der Waals surface area contributed by atoms with Gasteiger partial charge >= 0.3 is 0 Å². The van der Waals surface area contributed by atoms with Gasteiger partial charge in [0.05, 0.1) is 19.0 Å². The minimum Gasteiger partial charge on any atom is -0.379 e. The van der Waals surface area contributed by atoms with Crippen LogP contribution in [0, 0.1) is 0 Å². The molecule has 0 spiro atoms. The van der Waals surface area contributed by atoms with Crippen molar-refractivity contribution in [1.29, 1.82) is 0 Å². The van der Waals surface area contributed by atoms with Gasteiger partial charge in [-0.25, -0.2) is 13.1 Å². The third-order valence-corrected chi connectivity index (χ3v) is 2.89. The van der Waals surface area contributed by atoms with Crippen LogP contribution in [-0.2, 0) is 19.5 Å². The molecule has 1 atom stereocenters. The number of ether oxygens (including phenoxy) is 2. The Morgan fingerprint density at radius 3 is 2.93 bits per heavy atom. The molecule has 0 bridgehead atoms. The molecule has 1 aliphatic rings. The Labute approximate surface area is 91.2 Å². The van der Waals surface area contributed by atoms with Crippen LogP contribution in [0.25, 0.3) is 0 Å². The average Bonchev–Trinajstić information content (AvgIpc) is 2.61. The molecular formula is C9H19NO4S. The molecule has 1 N–H and O–H groups in total. The summed E-state index contributed by atoms with van der Waals surface area (Å²) >= 11 is 0. The molecule has 90 valence electrons. The summed E-state index contributed by atoms with van der Waals surface area (Å²) in [6, 6.07) is 0. The summed E-state index contributed by atoms with van der Waals surface area (Å²) in [5.74, 6) is 0.